The topological polar surface area (TPSA) is 72.4 Å². The Labute approximate surface area is 113 Å². The molecule has 1 aliphatic rings. The van der Waals surface area contributed by atoms with E-state index in [1.54, 1.807) is 12.1 Å². The number of nitro groups is 1. The van der Waals surface area contributed by atoms with Gasteiger partial charge in [-0.1, -0.05) is 18.2 Å². The highest BCUT2D eigenvalue weighted by atomic mass is 16.6. The lowest BCUT2D eigenvalue weighted by Gasteiger charge is -2.32. The first kappa shape index (κ1) is 14.0. The highest BCUT2D eigenvalue weighted by molar-refractivity contribution is 5.39. The molecular formula is C14H21N3O2. The Morgan fingerprint density at radius 3 is 2.95 bits per heavy atom. The van der Waals surface area contributed by atoms with E-state index in [0.717, 1.165) is 38.0 Å². The monoisotopic (exact) mass is 263 g/mol. The first-order valence-electron chi connectivity index (χ1n) is 6.85. The fraction of sp³-hybridized carbons (Fsp3) is 0.571. The molecule has 0 bridgehead atoms. The summed E-state index contributed by atoms with van der Waals surface area (Å²) in [6.07, 6.45) is 3.43. The number of nitro benzene ring substituents is 1. The van der Waals surface area contributed by atoms with Crippen molar-refractivity contribution in [3.63, 3.8) is 0 Å². The van der Waals surface area contributed by atoms with Gasteiger partial charge in [-0.3, -0.25) is 15.0 Å². The standard InChI is InChI=1S/C14H21N3O2/c15-8-7-12-4-3-9-16(10-12)11-13-5-1-2-6-14(13)17(18)19/h1-2,5-6,12H,3-4,7-11,15H2. The number of benzene rings is 1. The van der Waals surface area contributed by atoms with E-state index >= 15 is 0 Å². The van der Waals surface area contributed by atoms with E-state index in [2.05, 4.69) is 4.90 Å². The summed E-state index contributed by atoms with van der Waals surface area (Å²) in [6.45, 7) is 3.42. The normalized spacial score (nSPS) is 20.4. The van der Waals surface area contributed by atoms with Crippen LogP contribution in [0.5, 0.6) is 0 Å². The Morgan fingerprint density at radius 2 is 2.21 bits per heavy atom. The summed E-state index contributed by atoms with van der Waals surface area (Å²) in [4.78, 5) is 13.0. The minimum absolute atomic E-state index is 0.225. The predicted octanol–water partition coefficient (Wildman–Crippen LogP) is 2.16. The lowest BCUT2D eigenvalue weighted by atomic mass is 9.94. The van der Waals surface area contributed by atoms with Crippen LogP contribution in [0, 0.1) is 16.0 Å². The van der Waals surface area contributed by atoms with Gasteiger partial charge in [0.15, 0.2) is 0 Å². The van der Waals surface area contributed by atoms with Crippen LogP contribution in [-0.4, -0.2) is 29.5 Å². The minimum atomic E-state index is -0.295. The highest BCUT2D eigenvalue weighted by Crippen LogP contribution is 2.24. The van der Waals surface area contributed by atoms with E-state index < -0.39 is 0 Å². The average Bonchev–Trinajstić information content (AvgIpc) is 2.40. The van der Waals surface area contributed by atoms with Crippen LogP contribution < -0.4 is 5.73 Å². The SMILES string of the molecule is NCCC1CCCN(Cc2ccccc2[N+](=O)[O-])C1. The molecule has 0 saturated carbocycles. The van der Waals surface area contributed by atoms with Crippen LogP contribution >= 0.6 is 0 Å². The summed E-state index contributed by atoms with van der Waals surface area (Å²) in [6, 6.07) is 7.01. The van der Waals surface area contributed by atoms with Gasteiger partial charge in [-0.15, -0.1) is 0 Å². The fourth-order valence-corrected chi connectivity index (χ4v) is 2.83. The third kappa shape index (κ3) is 3.75. The maximum Gasteiger partial charge on any atom is 0.273 e. The molecule has 1 unspecified atom stereocenters. The Kier molecular flexibility index (Phi) is 4.87. The Bertz CT molecular complexity index is 434. The van der Waals surface area contributed by atoms with E-state index in [9.17, 15) is 10.1 Å². The predicted molar refractivity (Wildman–Crippen MR) is 74.8 cm³/mol. The molecule has 1 aromatic rings. The molecule has 1 aliphatic heterocycles. The van der Waals surface area contributed by atoms with E-state index in [-0.39, 0.29) is 10.6 Å². The van der Waals surface area contributed by atoms with Crippen molar-refractivity contribution in [1.29, 1.82) is 0 Å². The van der Waals surface area contributed by atoms with E-state index in [4.69, 9.17) is 5.73 Å². The van der Waals surface area contributed by atoms with Gasteiger partial charge in [0.2, 0.25) is 0 Å². The van der Waals surface area contributed by atoms with Gasteiger partial charge < -0.3 is 5.73 Å². The number of hydrogen-bond acceptors (Lipinski definition) is 4. The van der Waals surface area contributed by atoms with Crippen LogP contribution in [-0.2, 0) is 6.54 Å². The maximum atomic E-state index is 11.0. The van der Waals surface area contributed by atoms with Crippen molar-refractivity contribution in [2.45, 2.75) is 25.8 Å². The van der Waals surface area contributed by atoms with Gasteiger partial charge in [0.25, 0.3) is 5.69 Å². The molecule has 0 amide bonds. The molecule has 1 fully saturated rings. The van der Waals surface area contributed by atoms with E-state index in [0.29, 0.717) is 12.5 Å². The molecule has 0 spiro atoms. The Morgan fingerprint density at radius 1 is 1.42 bits per heavy atom. The molecule has 19 heavy (non-hydrogen) atoms. The van der Waals surface area contributed by atoms with Gasteiger partial charge in [-0.05, 0) is 38.3 Å². The summed E-state index contributed by atoms with van der Waals surface area (Å²) in [5.74, 6) is 0.640. The second kappa shape index (κ2) is 6.63. The van der Waals surface area contributed by atoms with Crippen molar-refractivity contribution in [2.24, 2.45) is 11.7 Å². The third-order valence-corrected chi connectivity index (χ3v) is 3.76. The Hall–Kier alpha value is -1.46. The Balaban J connectivity index is 2.02. The molecule has 1 saturated heterocycles. The van der Waals surface area contributed by atoms with Crippen molar-refractivity contribution >= 4 is 5.69 Å². The molecule has 2 rings (SSSR count). The summed E-state index contributed by atoms with van der Waals surface area (Å²) >= 11 is 0. The lowest BCUT2D eigenvalue weighted by molar-refractivity contribution is -0.385. The fourth-order valence-electron chi connectivity index (χ4n) is 2.83. The molecule has 0 aromatic heterocycles. The largest absolute Gasteiger partial charge is 0.330 e. The second-order valence-corrected chi connectivity index (χ2v) is 5.21. The van der Waals surface area contributed by atoms with Gasteiger partial charge in [-0.25, -0.2) is 0 Å². The number of piperidine rings is 1. The zero-order chi connectivity index (χ0) is 13.7. The lowest BCUT2D eigenvalue weighted by Crippen LogP contribution is -2.35. The molecule has 1 atom stereocenters. The number of nitrogens with zero attached hydrogens (tertiary/aromatic N) is 2. The van der Waals surface area contributed by atoms with Gasteiger partial charge in [0, 0.05) is 24.7 Å². The molecule has 5 heteroatoms. The molecule has 0 aliphatic carbocycles. The number of hydrogen-bond donors (Lipinski definition) is 1. The third-order valence-electron chi connectivity index (χ3n) is 3.76. The van der Waals surface area contributed by atoms with Crippen LogP contribution in [0.2, 0.25) is 0 Å². The maximum absolute atomic E-state index is 11.0. The molecule has 2 N–H and O–H groups in total. The summed E-state index contributed by atoms with van der Waals surface area (Å²) in [7, 11) is 0. The van der Waals surface area contributed by atoms with Crippen molar-refractivity contribution < 1.29 is 4.92 Å². The minimum Gasteiger partial charge on any atom is -0.330 e. The summed E-state index contributed by atoms with van der Waals surface area (Å²) < 4.78 is 0. The van der Waals surface area contributed by atoms with Crippen LogP contribution in [0.4, 0.5) is 5.69 Å². The van der Waals surface area contributed by atoms with Crippen LogP contribution in [0.3, 0.4) is 0 Å². The molecule has 104 valence electrons. The van der Waals surface area contributed by atoms with Gasteiger partial charge in [0.05, 0.1) is 4.92 Å². The zero-order valence-electron chi connectivity index (χ0n) is 11.1. The molecule has 1 aromatic carbocycles. The average molecular weight is 263 g/mol. The number of nitrogens with two attached hydrogens (primary N) is 1. The van der Waals surface area contributed by atoms with Gasteiger partial charge in [0.1, 0.15) is 0 Å². The molecule has 1 heterocycles. The van der Waals surface area contributed by atoms with Crippen LogP contribution in [0.1, 0.15) is 24.8 Å². The van der Waals surface area contributed by atoms with E-state index in [1.807, 2.05) is 12.1 Å². The summed E-state index contributed by atoms with van der Waals surface area (Å²) in [5.41, 5.74) is 6.65. The smallest absolute Gasteiger partial charge is 0.273 e. The number of rotatable bonds is 5. The van der Waals surface area contributed by atoms with Crippen molar-refractivity contribution in [3.8, 4) is 0 Å². The van der Waals surface area contributed by atoms with Gasteiger partial charge in [-0.2, -0.15) is 0 Å². The van der Waals surface area contributed by atoms with Gasteiger partial charge >= 0.3 is 0 Å². The number of likely N-dealkylation sites (tertiary alicyclic amines) is 1. The molecule has 0 radical (unpaired) electrons. The van der Waals surface area contributed by atoms with Crippen molar-refractivity contribution in [1.82, 2.24) is 4.90 Å². The second-order valence-electron chi connectivity index (χ2n) is 5.21. The molecule has 5 nitrogen and oxygen atoms in total. The first-order chi connectivity index (χ1) is 9.20. The van der Waals surface area contributed by atoms with Crippen molar-refractivity contribution in [3.05, 3.63) is 39.9 Å². The molecular weight excluding hydrogens is 242 g/mol. The first-order valence-corrected chi connectivity index (χ1v) is 6.85. The zero-order valence-corrected chi connectivity index (χ0v) is 11.1. The quantitative estimate of drug-likeness (QED) is 0.652. The summed E-state index contributed by atoms with van der Waals surface area (Å²) in [5, 5.41) is 11.0. The number of para-hydroxylation sites is 1. The van der Waals surface area contributed by atoms with Crippen molar-refractivity contribution in [2.75, 3.05) is 19.6 Å². The van der Waals surface area contributed by atoms with Crippen LogP contribution in [0.25, 0.3) is 0 Å². The van der Waals surface area contributed by atoms with Crippen LogP contribution in [0.15, 0.2) is 24.3 Å². The highest BCUT2D eigenvalue weighted by Gasteiger charge is 2.21. The van der Waals surface area contributed by atoms with E-state index in [1.165, 1.54) is 6.42 Å².